The first-order valence-corrected chi connectivity index (χ1v) is 6.02. The molecule has 1 nitrogen and oxygen atoms in total. The minimum Gasteiger partial charge on any atom is -0.383 e. The number of hydrogen-bond donors (Lipinski definition) is 1. The van der Waals surface area contributed by atoms with E-state index in [1.807, 2.05) is 12.3 Å². The minimum absolute atomic E-state index is 0.360. The van der Waals surface area contributed by atoms with Crippen molar-refractivity contribution in [1.82, 2.24) is 0 Å². The van der Waals surface area contributed by atoms with Crippen LogP contribution in [0, 0.1) is 12.7 Å². The quantitative estimate of drug-likeness (QED) is 0.863. The molecule has 0 bridgehead atoms. The second-order valence-corrected chi connectivity index (χ2v) is 4.84. The molecule has 2 aromatic rings. The number of aliphatic hydroxyl groups is 1. The summed E-state index contributed by atoms with van der Waals surface area (Å²) in [6.07, 6.45) is -0.859. The number of benzene rings is 1. The topological polar surface area (TPSA) is 20.2 Å². The molecular formula is C12H10ClFOS. The molecule has 0 spiro atoms. The van der Waals surface area contributed by atoms with E-state index in [-0.39, 0.29) is 5.82 Å². The molecule has 1 heterocycles. The Hall–Kier alpha value is -0.900. The Morgan fingerprint density at radius 2 is 2.19 bits per heavy atom. The van der Waals surface area contributed by atoms with E-state index < -0.39 is 6.10 Å². The van der Waals surface area contributed by atoms with Crippen molar-refractivity contribution in [2.24, 2.45) is 0 Å². The van der Waals surface area contributed by atoms with Crippen molar-refractivity contribution in [1.29, 1.82) is 0 Å². The van der Waals surface area contributed by atoms with Crippen LogP contribution >= 0.6 is 22.9 Å². The molecule has 0 aliphatic heterocycles. The van der Waals surface area contributed by atoms with Gasteiger partial charge in [-0.1, -0.05) is 23.7 Å². The molecule has 2 rings (SSSR count). The average Bonchev–Trinajstić information content (AvgIpc) is 2.59. The summed E-state index contributed by atoms with van der Waals surface area (Å²) in [5.41, 5.74) is 1.45. The molecule has 0 aliphatic carbocycles. The van der Waals surface area contributed by atoms with Gasteiger partial charge in [0.15, 0.2) is 0 Å². The lowest BCUT2D eigenvalue weighted by atomic mass is 10.1. The number of thiophene rings is 1. The molecule has 0 saturated heterocycles. The van der Waals surface area contributed by atoms with Gasteiger partial charge in [-0.05, 0) is 35.6 Å². The molecule has 0 saturated carbocycles. The Morgan fingerprint density at radius 3 is 2.75 bits per heavy atom. The van der Waals surface area contributed by atoms with E-state index in [1.165, 1.54) is 23.5 Å². The maximum absolute atomic E-state index is 13.0. The lowest BCUT2D eigenvalue weighted by molar-refractivity contribution is 0.223. The van der Waals surface area contributed by atoms with Crippen LogP contribution in [0.2, 0.25) is 5.02 Å². The van der Waals surface area contributed by atoms with Crippen molar-refractivity contribution in [3.8, 4) is 0 Å². The zero-order valence-electron chi connectivity index (χ0n) is 8.58. The standard InChI is InChI=1S/C12H10ClFOS/c1-7-6-16-12(10(7)13)11(15)8-3-2-4-9(14)5-8/h2-6,11,15H,1H3. The molecular weight excluding hydrogens is 247 g/mol. The fourth-order valence-corrected chi connectivity index (χ4v) is 2.77. The van der Waals surface area contributed by atoms with Gasteiger partial charge in [0, 0.05) is 0 Å². The maximum Gasteiger partial charge on any atom is 0.123 e. The molecule has 1 aromatic heterocycles. The molecule has 1 atom stereocenters. The van der Waals surface area contributed by atoms with E-state index in [0.717, 1.165) is 5.56 Å². The maximum atomic E-state index is 13.0. The molecule has 0 radical (unpaired) electrons. The van der Waals surface area contributed by atoms with Gasteiger partial charge in [-0.2, -0.15) is 0 Å². The summed E-state index contributed by atoms with van der Waals surface area (Å²) in [6.45, 7) is 1.88. The van der Waals surface area contributed by atoms with Crippen molar-refractivity contribution >= 4 is 22.9 Å². The molecule has 0 aliphatic rings. The van der Waals surface area contributed by atoms with Gasteiger partial charge in [-0.3, -0.25) is 0 Å². The van der Waals surface area contributed by atoms with E-state index in [0.29, 0.717) is 15.5 Å². The third-order valence-electron chi connectivity index (χ3n) is 2.34. The summed E-state index contributed by atoms with van der Waals surface area (Å²) in [5, 5.41) is 12.5. The Morgan fingerprint density at radius 1 is 1.44 bits per heavy atom. The van der Waals surface area contributed by atoms with Gasteiger partial charge in [0.1, 0.15) is 11.9 Å². The second kappa shape index (κ2) is 4.53. The molecule has 0 amide bonds. The largest absolute Gasteiger partial charge is 0.383 e. The normalized spacial score (nSPS) is 12.8. The summed E-state index contributed by atoms with van der Waals surface area (Å²) < 4.78 is 13.0. The summed E-state index contributed by atoms with van der Waals surface area (Å²) in [5.74, 6) is -0.360. The van der Waals surface area contributed by atoms with Gasteiger partial charge in [-0.15, -0.1) is 11.3 Å². The Balaban J connectivity index is 2.39. The highest BCUT2D eigenvalue weighted by Gasteiger charge is 2.17. The van der Waals surface area contributed by atoms with Crippen molar-refractivity contribution in [2.75, 3.05) is 0 Å². The van der Waals surface area contributed by atoms with Crippen LogP contribution in [-0.2, 0) is 0 Å². The predicted octanol–water partition coefficient (Wildman–Crippen LogP) is 3.93. The highest BCUT2D eigenvalue weighted by atomic mass is 35.5. The van der Waals surface area contributed by atoms with Gasteiger partial charge >= 0.3 is 0 Å². The van der Waals surface area contributed by atoms with Crippen molar-refractivity contribution in [2.45, 2.75) is 13.0 Å². The number of aliphatic hydroxyl groups excluding tert-OH is 1. The van der Waals surface area contributed by atoms with Gasteiger partial charge in [-0.25, -0.2) is 4.39 Å². The van der Waals surface area contributed by atoms with Crippen LogP contribution in [-0.4, -0.2) is 5.11 Å². The Kier molecular flexibility index (Phi) is 3.28. The summed E-state index contributed by atoms with van der Waals surface area (Å²) in [6, 6.07) is 5.91. The summed E-state index contributed by atoms with van der Waals surface area (Å²) >= 11 is 7.43. The molecule has 4 heteroatoms. The summed E-state index contributed by atoms with van der Waals surface area (Å²) in [7, 11) is 0. The first kappa shape index (κ1) is 11.6. The van der Waals surface area contributed by atoms with Gasteiger partial charge in [0.05, 0.1) is 9.90 Å². The third kappa shape index (κ3) is 2.12. The molecule has 84 valence electrons. The fourth-order valence-electron chi connectivity index (χ4n) is 1.46. The van der Waals surface area contributed by atoms with Crippen LogP contribution in [0.3, 0.4) is 0 Å². The summed E-state index contributed by atoms with van der Waals surface area (Å²) in [4.78, 5) is 0.657. The smallest absolute Gasteiger partial charge is 0.123 e. The lowest BCUT2D eigenvalue weighted by Crippen LogP contribution is -1.98. The lowest BCUT2D eigenvalue weighted by Gasteiger charge is -2.09. The van der Waals surface area contributed by atoms with Crippen LogP contribution < -0.4 is 0 Å². The first-order chi connectivity index (χ1) is 7.59. The van der Waals surface area contributed by atoms with E-state index in [9.17, 15) is 9.50 Å². The van der Waals surface area contributed by atoms with Gasteiger partial charge in [0.25, 0.3) is 0 Å². The molecule has 0 fully saturated rings. The monoisotopic (exact) mass is 256 g/mol. The number of halogens is 2. The van der Waals surface area contributed by atoms with E-state index >= 15 is 0 Å². The zero-order valence-corrected chi connectivity index (χ0v) is 10.1. The minimum atomic E-state index is -0.859. The zero-order chi connectivity index (χ0) is 11.7. The highest BCUT2D eigenvalue weighted by molar-refractivity contribution is 7.10. The van der Waals surface area contributed by atoms with Crippen LogP contribution in [0.5, 0.6) is 0 Å². The third-order valence-corrected chi connectivity index (χ3v) is 4.10. The van der Waals surface area contributed by atoms with Gasteiger partial charge < -0.3 is 5.11 Å². The average molecular weight is 257 g/mol. The van der Waals surface area contributed by atoms with Crippen molar-refractivity contribution in [3.63, 3.8) is 0 Å². The molecule has 16 heavy (non-hydrogen) atoms. The number of hydrogen-bond acceptors (Lipinski definition) is 2. The predicted molar refractivity (Wildman–Crippen MR) is 64.5 cm³/mol. The second-order valence-electron chi connectivity index (χ2n) is 3.55. The number of rotatable bonds is 2. The van der Waals surface area contributed by atoms with Crippen molar-refractivity contribution < 1.29 is 9.50 Å². The van der Waals surface area contributed by atoms with E-state index in [2.05, 4.69) is 0 Å². The van der Waals surface area contributed by atoms with Crippen LogP contribution in [0.15, 0.2) is 29.6 Å². The number of aryl methyl sites for hydroxylation is 1. The van der Waals surface area contributed by atoms with Gasteiger partial charge in [0.2, 0.25) is 0 Å². The van der Waals surface area contributed by atoms with Crippen LogP contribution in [0.4, 0.5) is 4.39 Å². The van der Waals surface area contributed by atoms with E-state index in [4.69, 9.17) is 11.6 Å². The first-order valence-electron chi connectivity index (χ1n) is 4.76. The van der Waals surface area contributed by atoms with Crippen molar-refractivity contribution in [3.05, 3.63) is 56.5 Å². The fraction of sp³-hybridized carbons (Fsp3) is 0.167. The molecule has 1 unspecified atom stereocenters. The van der Waals surface area contributed by atoms with Crippen LogP contribution in [0.25, 0.3) is 0 Å². The Bertz CT molecular complexity index is 509. The molecule has 1 N–H and O–H groups in total. The Labute approximate surface area is 102 Å². The molecule has 1 aromatic carbocycles. The highest BCUT2D eigenvalue weighted by Crippen LogP contribution is 2.35. The SMILES string of the molecule is Cc1csc(C(O)c2cccc(F)c2)c1Cl. The van der Waals surface area contributed by atoms with Crippen LogP contribution in [0.1, 0.15) is 22.1 Å². The van der Waals surface area contributed by atoms with E-state index in [1.54, 1.807) is 12.1 Å².